The first-order valence-corrected chi connectivity index (χ1v) is 8.96. The first-order chi connectivity index (χ1) is 12.3. The summed E-state index contributed by atoms with van der Waals surface area (Å²) in [6, 6.07) is 8.26. The second-order valence-corrected chi connectivity index (χ2v) is 6.66. The van der Waals surface area contributed by atoms with Gasteiger partial charge in [0.15, 0.2) is 11.5 Å². The fourth-order valence-electron chi connectivity index (χ4n) is 2.32. The van der Waals surface area contributed by atoms with Crippen molar-refractivity contribution in [2.75, 3.05) is 11.9 Å². The Morgan fingerprint density at radius 3 is 2.46 bits per heavy atom. The molecule has 140 valence electrons. The van der Waals surface area contributed by atoms with E-state index in [1.165, 1.54) is 6.07 Å². The molecule has 2 aromatic carbocycles. The number of anilines is 1. The molecular weight excluding hydrogens is 377 g/mol. The van der Waals surface area contributed by atoms with E-state index in [0.29, 0.717) is 35.4 Å². The minimum Gasteiger partial charge on any atom is -0.490 e. The molecule has 7 heteroatoms. The van der Waals surface area contributed by atoms with Crippen LogP contribution in [0.3, 0.4) is 0 Å². The summed E-state index contributed by atoms with van der Waals surface area (Å²) in [7, 11) is 0. The van der Waals surface area contributed by atoms with Gasteiger partial charge < -0.3 is 19.9 Å². The largest absolute Gasteiger partial charge is 0.490 e. The Hall–Kier alpha value is -2.11. The summed E-state index contributed by atoms with van der Waals surface area (Å²) >= 11 is 12.4. The molecule has 0 unspecified atom stereocenters. The van der Waals surface area contributed by atoms with Gasteiger partial charge in [-0.1, -0.05) is 23.2 Å². The predicted octanol–water partition coefficient (Wildman–Crippen LogP) is 5.49. The van der Waals surface area contributed by atoms with Crippen LogP contribution in [0.1, 0.15) is 36.7 Å². The van der Waals surface area contributed by atoms with Crippen molar-refractivity contribution < 1.29 is 19.4 Å². The van der Waals surface area contributed by atoms with Gasteiger partial charge in [-0.05, 0) is 50.6 Å². The Bertz CT molecular complexity index is 793. The van der Waals surface area contributed by atoms with Crippen LogP contribution in [0.25, 0.3) is 0 Å². The van der Waals surface area contributed by atoms with E-state index < -0.39 is 5.97 Å². The average molecular weight is 398 g/mol. The third-order valence-corrected chi connectivity index (χ3v) is 4.12. The van der Waals surface area contributed by atoms with Gasteiger partial charge in [-0.15, -0.1) is 0 Å². The quantitative estimate of drug-likeness (QED) is 0.616. The van der Waals surface area contributed by atoms with E-state index in [1.54, 1.807) is 18.2 Å². The van der Waals surface area contributed by atoms with Gasteiger partial charge in [-0.25, -0.2) is 4.79 Å². The van der Waals surface area contributed by atoms with E-state index in [9.17, 15) is 4.79 Å². The molecule has 0 radical (unpaired) electrons. The fraction of sp³-hybridized carbons (Fsp3) is 0.316. The van der Waals surface area contributed by atoms with Crippen LogP contribution in [-0.4, -0.2) is 23.8 Å². The lowest BCUT2D eigenvalue weighted by Crippen LogP contribution is -2.08. The minimum absolute atomic E-state index is 0.00383. The average Bonchev–Trinajstić information content (AvgIpc) is 2.55. The number of hydrogen-bond donors (Lipinski definition) is 2. The summed E-state index contributed by atoms with van der Waals surface area (Å²) in [6.45, 7) is 6.70. The van der Waals surface area contributed by atoms with Gasteiger partial charge in [-0.2, -0.15) is 0 Å². The van der Waals surface area contributed by atoms with Crippen molar-refractivity contribution in [2.45, 2.75) is 33.4 Å². The standard InChI is InChI=1S/C19H21Cl2NO4/c1-4-25-17-7-12(15(20)9-18(17)26-11(2)3)10-22-13-5-6-14(19(23)24)16(21)8-13/h5-9,11,22H,4,10H2,1-3H3,(H,23,24). The normalized spacial score (nSPS) is 10.7. The summed E-state index contributed by atoms with van der Waals surface area (Å²) in [5.41, 5.74) is 1.57. The molecule has 0 aliphatic rings. The van der Waals surface area contributed by atoms with Gasteiger partial charge in [-0.3, -0.25) is 0 Å². The number of halogens is 2. The number of rotatable bonds is 8. The second-order valence-electron chi connectivity index (χ2n) is 5.84. The first kappa shape index (κ1) is 20.2. The maximum Gasteiger partial charge on any atom is 0.337 e. The Morgan fingerprint density at radius 1 is 1.15 bits per heavy atom. The van der Waals surface area contributed by atoms with E-state index in [-0.39, 0.29) is 16.7 Å². The van der Waals surface area contributed by atoms with Gasteiger partial charge in [0.1, 0.15) is 0 Å². The molecular formula is C19H21Cl2NO4. The molecule has 0 heterocycles. The van der Waals surface area contributed by atoms with Crippen LogP contribution in [0, 0.1) is 0 Å². The lowest BCUT2D eigenvalue weighted by Gasteiger charge is -2.17. The van der Waals surface area contributed by atoms with Crippen LogP contribution >= 0.6 is 23.2 Å². The molecule has 0 aromatic heterocycles. The number of hydrogen-bond acceptors (Lipinski definition) is 4. The van der Waals surface area contributed by atoms with Crippen molar-refractivity contribution in [2.24, 2.45) is 0 Å². The lowest BCUT2D eigenvalue weighted by atomic mass is 10.1. The van der Waals surface area contributed by atoms with Crippen molar-refractivity contribution in [3.63, 3.8) is 0 Å². The second kappa shape index (κ2) is 9.01. The first-order valence-electron chi connectivity index (χ1n) is 8.20. The van der Waals surface area contributed by atoms with E-state index in [2.05, 4.69) is 5.32 Å². The maximum atomic E-state index is 11.0. The third-order valence-electron chi connectivity index (χ3n) is 3.46. The van der Waals surface area contributed by atoms with Gasteiger partial charge in [0.25, 0.3) is 0 Å². The Balaban J connectivity index is 2.19. The third kappa shape index (κ3) is 5.19. The molecule has 0 saturated heterocycles. The van der Waals surface area contributed by atoms with E-state index >= 15 is 0 Å². The molecule has 2 N–H and O–H groups in total. The molecule has 0 bridgehead atoms. The molecule has 0 aliphatic carbocycles. The van der Waals surface area contributed by atoms with E-state index in [1.807, 2.05) is 26.8 Å². The van der Waals surface area contributed by atoms with Crippen molar-refractivity contribution >= 4 is 34.9 Å². The van der Waals surface area contributed by atoms with Crippen LogP contribution in [0.15, 0.2) is 30.3 Å². The summed E-state index contributed by atoms with van der Waals surface area (Å²) in [5.74, 6) is 0.165. The number of carbonyl (C=O) groups is 1. The van der Waals surface area contributed by atoms with Crippen LogP contribution in [0.4, 0.5) is 5.69 Å². The lowest BCUT2D eigenvalue weighted by molar-refractivity contribution is 0.0697. The maximum absolute atomic E-state index is 11.0. The number of aromatic carboxylic acids is 1. The van der Waals surface area contributed by atoms with Crippen LogP contribution in [0.5, 0.6) is 11.5 Å². The van der Waals surface area contributed by atoms with Gasteiger partial charge in [0.05, 0.1) is 23.3 Å². The Morgan fingerprint density at radius 2 is 1.88 bits per heavy atom. The van der Waals surface area contributed by atoms with Crippen molar-refractivity contribution in [1.82, 2.24) is 0 Å². The molecule has 26 heavy (non-hydrogen) atoms. The molecule has 0 saturated carbocycles. The van der Waals surface area contributed by atoms with Crippen LogP contribution < -0.4 is 14.8 Å². The van der Waals surface area contributed by atoms with Crippen LogP contribution in [-0.2, 0) is 6.54 Å². The molecule has 0 atom stereocenters. The highest BCUT2D eigenvalue weighted by Crippen LogP contribution is 2.35. The Labute approximate surface area is 162 Å². The fourth-order valence-corrected chi connectivity index (χ4v) is 2.80. The summed E-state index contributed by atoms with van der Waals surface area (Å²) < 4.78 is 11.4. The van der Waals surface area contributed by atoms with E-state index in [4.69, 9.17) is 37.8 Å². The summed E-state index contributed by atoms with van der Waals surface area (Å²) in [5, 5.41) is 12.9. The number of nitrogens with one attached hydrogen (secondary N) is 1. The van der Waals surface area contributed by atoms with Crippen molar-refractivity contribution in [3.05, 3.63) is 51.5 Å². The predicted molar refractivity (Wildman–Crippen MR) is 104 cm³/mol. The van der Waals surface area contributed by atoms with Gasteiger partial charge in [0.2, 0.25) is 0 Å². The van der Waals surface area contributed by atoms with Crippen molar-refractivity contribution in [3.8, 4) is 11.5 Å². The highest BCUT2D eigenvalue weighted by molar-refractivity contribution is 6.33. The zero-order chi connectivity index (χ0) is 19.3. The zero-order valence-electron chi connectivity index (χ0n) is 14.8. The summed E-state index contributed by atoms with van der Waals surface area (Å²) in [4.78, 5) is 11.0. The highest BCUT2D eigenvalue weighted by atomic mass is 35.5. The smallest absolute Gasteiger partial charge is 0.337 e. The molecule has 5 nitrogen and oxygen atoms in total. The number of ether oxygens (including phenoxy) is 2. The Kier molecular flexibility index (Phi) is 7.00. The highest BCUT2D eigenvalue weighted by Gasteiger charge is 2.13. The number of carboxylic acids is 1. The van der Waals surface area contributed by atoms with Gasteiger partial charge >= 0.3 is 5.97 Å². The SMILES string of the molecule is CCOc1cc(CNc2ccc(C(=O)O)c(Cl)c2)c(Cl)cc1OC(C)C. The molecule has 2 rings (SSSR count). The molecule has 0 fully saturated rings. The summed E-state index contributed by atoms with van der Waals surface area (Å²) in [6.07, 6.45) is 0.00383. The minimum atomic E-state index is -1.06. The molecule has 0 amide bonds. The molecule has 0 aliphatic heterocycles. The van der Waals surface area contributed by atoms with E-state index in [0.717, 1.165) is 5.56 Å². The van der Waals surface area contributed by atoms with Crippen LogP contribution in [0.2, 0.25) is 10.0 Å². The topological polar surface area (TPSA) is 67.8 Å². The monoisotopic (exact) mass is 397 g/mol. The van der Waals surface area contributed by atoms with Crippen molar-refractivity contribution in [1.29, 1.82) is 0 Å². The number of carboxylic acid groups (broad SMARTS) is 1. The zero-order valence-corrected chi connectivity index (χ0v) is 16.3. The van der Waals surface area contributed by atoms with Gasteiger partial charge in [0, 0.05) is 23.3 Å². The molecule has 0 spiro atoms. The molecule has 2 aromatic rings. The number of benzene rings is 2.